The zero-order valence-corrected chi connectivity index (χ0v) is 19.9. The Hall–Kier alpha value is -4.29. The van der Waals surface area contributed by atoms with Gasteiger partial charge in [-0.05, 0) is 58.0 Å². The van der Waals surface area contributed by atoms with E-state index in [9.17, 15) is 4.79 Å². The van der Waals surface area contributed by atoms with Gasteiger partial charge in [0.1, 0.15) is 0 Å². The molecule has 0 radical (unpaired) electrons. The molecule has 0 amide bonds. The van der Waals surface area contributed by atoms with Gasteiger partial charge >= 0.3 is 5.97 Å². The number of rotatable bonds is 7. The lowest BCUT2D eigenvalue weighted by atomic mass is 9.87. The van der Waals surface area contributed by atoms with E-state index in [1.54, 1.807) is 17.4 Å². The Balaban J connectivity index is 1.64. The summed E-state index contributed by atoms with van der Waals surface area (Å²) in [6.45, 7) is 2.17. The molecule has 0 saturated heterocycles. The first-order valence-electron chi connectivity index (χ1n) is 11.3. The van der Waals surface area contributed by atoms with Crippen molar-refractivity contribution in [3.05, 3.63) is 112 Å². The Labute approximate surface area is 207 Å². The van der Waals surface area contributed by atoms with Crippen LogP contribution in [0.5, 0.6) is 0 Å². The van der Waals surface area contributed by atoms with Gasteiger partial charge in [0.15, 0.2) is 0 Å². The van der Waals surface area contributed by atoms with Gasteiger partial charge in [-0.15, -0.1) is 11.3 Å². The van der Waals surface area contributed by atoms with Crippen LogP contribution in [0.25, 0.3) is 39.4 Å². The molecule has 2 N–H and O–H groups in total. The van der Waals surface area contributed by atoms with Gasteiger partial charge in [-0.1, -0.05) is 61.5 Å². The minimum atomic E-state index is -0.961. The van der Waals surface area contributed by atoms with E-state index in [-0.39, 0.29) is 0 Å². The number of aliphatic carboxylic acids is 1. The number of thiazole rings is 1. The molecule has 0 fully saturated rings. The number of hydrogen-bond donors (Lipinski definition) is 2. The van der Waals surface area contributed by atoms with Crippen LogP contribution in [0.1, 0.15) is 35.6 Å². The molecule has 0 unspecified atom stereocenters. The number of fused-ring (bicyclic) bond motifs is 1. The van der Waals surface area contributed by atoms with Crippen LogP contribution in [-0.4, -0.2) is 26.3 Å². The van der Waals surface area contributed by atoms with Gasteiger partial charge in [0.05, 0.1) is 22.9 Å². The maximum absolute atomic E-state index is 10.9. The molecule has 0 spiro atoms. The van der Waals surface area contributed by atoms with E-state index in [4.69, 9.17) is 5.11 Å². The fraction of sp³-hybridized carbons (Fsp3) is 0.0690. The van der Waals surface area contributed by atoms with E-state index in [1.165, 1.54) is 5.57 Å². The maximum Gasteiger partial charge on any atom is 0.328 e. The summed E-state index contributed by atoms with van der Waals surface area (Å²) < 4.78 is 0. The van der Waals surface area contributed by atoms with E-state index in [1.807, 2.05) is 23.8 Å². The zero-order chi connectivity index (χ0) is 24.2. The number of nitrogens with one attached hydrogen (secondary N) is 1. The predicted molar refractivity (Wildman–Crippen MR) is 143 cm³/mol. The van der Waals surface area contributed by atoms with Crippen molar-refractivity contribution in [2.45, 2.75) is 13.3 Å². The summed E-state index contributed by atoms with van der Waals surface area (Å²) in [4.78, 5) is 15.3. The van der Waals surface area contributed by atoms with Crippen LogP contribution in [0.4, 0.5) is 0 Å². The Kier molecular flexibility index (Phi) is 6.37. The van der Waals surface area contributed by atoms with Gasteiger partial charge in [0.25, 0.3) is 0 Å². The van der Waals surface area contributed by atoms with Crippen molar-refractivity contribution in [2.75, 3.05) is 0 Å². The van der Waals surface area contributed by atoms with Crippen LogP contribution in [0, 0.1) is 0 Å². The number of benzene rings is 3. The standard InChI is InChI=1S/C29H23N3O2S/c1-2-25(20-8-10-21(11-9-20)27-17-35-18-30-27)29(23-12-13-26-24(15-23)16-31-32-26)22-6-3-19(4-7-22)5-14-28(33)34/h3-18H,2H2,1H3,(H,31,32)(H,33,34)/b14-5+,29-25+. The van der Waals surface area contributed by atoms with Gasteiger partial charge in [-0.3, -0.25) is 5.10 Å². The van der Waals surface area contributed by atoms with E-state index in [2.05, 4.69) is 82.1 Å². The zero-order valence-electron chi connectivity index (χ0n) is 19.1. The molecule has 6 heteroatoms. The SMILES string of the molecule is CC/C(=C(/c1ccc(/C=C/C(=O)O)cc1)c1ccc2[nH]ncc2c1)c1ccc(-c2cscn2)cc1. The van der Waals surface area contributed by atoms with Crippen molar-refractivity contribution in [3.8, 4) is 11.3 Å². The number of carboxylic acid groups (broad SMARTS) is 1. The first-order chi connectivity index (χ1) is 17.1. The minimum Gasteiger partial charge on any atom is -0.478 e. The number of carbonyl (C=O) groups is 1. The summed E-state index contributed by atoms with van der Waals surface area (Å²) in [5, 5.41) is 19.2. The molecule has 5 nitrogen and oxygen atoms in total. The van der Waals surface area contributed by atoms with Crippen LogP contribution in [0.2, 0.25) is 0 Å². The number of nitrogens with zero attached hydrogens (tertiary/aromatic N) is 2. The maximum atomic E-state index is 10.9. The fourth-order valence-corrected chi connectivity index (χ4v) is 4.83. The quantitative estimate of drug-likeness (QED) is 0.193. The predicted octanol–water partition coefficient (Wildman–Crippen LogP) is 7.15. The largest absolute Gasteiger partial charge is 0.478 e. The topological polar surface area (TPSA) is 78.9 Å². The molecule has 0 atom stereocenters. The second kappa shape index (κ2) is 9.91. The smallest absolute Gasteiger partial charge is 0.328 e. The summed E-state index contributed by atoms with van der Waals surface area (Å²) in [5.41, 5.74) is 11.5. The third-order valence-electron chi connectivity index (χ3n) is 5.96. The number of H-pyrrole nitrogens is 1. The van der Waals surface area contributed by atoms with Crippen LogP contribution < -0.4 is 0 Å². The molecule has 35 heavy (non-hydrogen) atoms. The van der Waals surface area contributed by atoms with Crippen LogP contribution in [0.15, 0.2) is 89.9 Å². The summed E-state index contributed by atoms with van der Waals surface area (Å²) in [6, 6.07) is 22.9. The first-order valence-corrected chi connectivity index (χ1v) is 12.2. The second-order valence-electron chi connectivity index (χ2n) is 8.12. The van der Waals surface area contributed by atoms with E-state index < -0.39 is 5.97 Å². The molecule has 172 valence electrons. The Bertz CT molecular complexity index is 1530. The third kappa shape index (κ3) is 4.83. The van der Waals surface area contributed by atoms with Gasteiger partial charge in [-0.2, -0.15) is 5.10 Å². The van der Waals surface area contributed by atoms with E-state index in [0.717, 1.165) is 62.5 Å². The normalized spacial score (nSPS) is 12.3. The highest BCUT2D eigenvalue weighted by Gasteiger charge is 2.14. The molecule has 0 aliphatic heterocycles. The summed E-state index contributed by atoms with van der Waals surface area (Å²) in [6.07, 6.45) is 5.44. The number of aromatic amines is 1. The number of allylic oxidation sites excluding steroid dienone is 1. The van der Waals surface area contributed by atoms with Crippen molar-refractivity contribution in [2.24, 2.45) is 0 Å². The van der Waals surface area contributed by atoms with Crippen LogP contribution >= 0.6 is 11.3 Å². The fourth-order valence-electron chi connectivity index (χ4n) is 4.26. The average Bonchev–Trinajstić information content (AvgIpc) is 3.59. The Morgan fingerprint density at radius 3 is 2.43 bits per heavy atom. The summed E-state index contributed by atoms with van der Waals surface area (Å²) in [5.74, 6) is -0.961. The molecule has 0 aliphatic carbocycles. The molecule has 5 aromatic rings. The molecule has 3 aromatic carbocycles. The van der Waals surface area contributed by atoms with Crippen molar-refractivity contribution in [1.82, 2.24) is 15.2 Å². The number of carboxylic acids is 1. The summed E-state index contributed by atoms with van der Waals surface area (Å²) >= 11 is 1.59. The first kappa shape index (κ1) is 22.5. The number of hydrogen-bond acceptors (Lipinski definition) is 4. The highest BCUT2D eigenvalue weighted by Crippen LogP contribution is 2.36. The highest BCUT2D eigenvalue weighted by molar-refractivity contribution is 7.07. The van der Waals surface area contributed by atoms with Gasteiger partial charge in [0, 0.05) is 22.4 Å². The minimum absolute atomic E-state index is 0.839. The molecule has 0 saturated carbocycles. The monoisotopic (exact) mass is 477 g/mol. The Morgan fingerprint density at radius 1 is 1.00 bits per heavy atom. The highest BCUT2D eigenvalue weighted by atomic mass is 32.1. The van der Waals surface area contributed by atoms with Gasteiger partial charge < -0.3 is 5.11 Å². The van der Waals surface area contributed by atoms with Crippen molar-refractivity contribution in [3.63, 3.8) is 0 Å². The molecular weight excluding hydrogens is 454 g/mol. The van der Waals surface area contributed by atoms with Gasteiger partial charge in [0.2, 0.25) is 0 Å². The van der Waals surface area contributed by atoms with Crippen LogP contribution in [-0.2, 0) is 4.79 Å². The van der Waals surface area contributed by atoms with Crippen LogP contribution in [0.3, 0.4) is 0 Å². The molecule has 2 aromatic heterocycles. The van der Waals surface area contributed by atoms with Crippen molar-refractivity contribution < 1.29 is 9.90 Å². The average molecular weight is 478 g/mol. The van der Waals surface area contributed by atoms with E-state index >= 15 is 0 Å². The number of aromatic nitrogens is 3. The summed E-state index contributed by atoms with van der Waals surface area (Å²) in [7, 11) is 0. The molecule has 2 heterocycles. The Morgan fingerprint density at radius 2 is 1.74 bits per heavy atom. The van der Waals surface area contributed by atoms with Crippen molar-refractivity contribution >= 4 is 45.4 Å². The van der Waals surface area contributed by atoms with E-state index in [0.29, 0.717) is 0 Å². The second-order valence-corrected chi connectivity index (χ2v) is 8.84. The lowest BCUT2D eigenvalue weighted by Crippen LogP contribution is -1.96. The van der Waals surface area contributed by atoms with Gasteiger partial charge in [-0.25, -0.2) is 9.78 Å². The molecular formula is C29H23N3O2S. The molecule has 5 rings (SSSR count). The third-order valence-corrected chi connectivity index (χ3v) is 6.55. The molecule has 0 aliphatic rings. The van der Waals surface area contributed by atoms with Crippen molar-refractivity contribution in [1.29, 1.82) is 0 Å². The lowest BCUT2D eigenvalue weighted by molar-refractivity contribution is -0.131. The lowest BCUT2D eigenvalue weighted by Gasteiger charge is -2.17. The molecule has 0 bridgehead atoms.